The Hall–Kier alpha value is -3.00. The molecule has 0 saturated heterocycles. The summed E-state index contributed by atoms with van der Waals surface area (Å²) in [5, 5.41) is 12.3. The summed E-state index contributed by atoms with van der Waals surface area (Å²) in [6.45, 7) is 2.34. The summed E-state index contributed by atoms with van der Waals surface area (Å²) in [6, 6.07) is 16.0. The van der Waals surface area contributed by atoms with E-state index in [2.05, 4.69) is 21.6 Å². The zero-order chi connectivity index (χ0) is 20.8. The minimum absolute atomic E-state index is 0.172. The third-order valence-electron chi connectivity index (χ3n) is 4.30. The number of ether oxygens (including phenoxy) is 1. The molecule has 0 aliphatic rings. The van der Waals surface area contributed by atoms with Crippen molar-refractivity contribution < 1.29 is 9.53 Å². The molecule has 3 rings (SSSR count). The standard InChI is InChI=1S/C21H25N5O2S/c1-15-8-10-17(11-9-15)26-19(13-22-20(27)25(2)3)23-24-21(26)29-14-16-6-5-7-18(12-16)28-4/h5-12H,13-14H2,1-4H3,(H,22,27). The van der Waals surface area contributed by atoms with Crippen LogP contribution in [0.5, 0.6) is 5.75 Å². The Morgan fingerprint density at radius 1 is 1.17 bits per heavy atom. The summed E-state index contributed by atoms with van der Waals surface area (Å²) in [7, 11) is 5.07. The van der Waals surface area contributed by atoms with Crippen LogP contribution in [0, 0.1) is 6.92 Å². The third kappa shape index (κ3) is 5.29. The summed E-state index contributed by atoms with van der Waals surface area (Å²) >= 11 is 1.59. The van der Waals surface area contributed by atoms with Crippen molar-refractivity contribution in [2.45, 2.75) is 24.4 Å². The number of rotatable bonds is 7. The summed E-state index contributed by atoms with van der Waals surface area (Å²) in [4.78, 5) is 13.4. The fraction of sp³-hybridized carbons (Fsp3) is 0.286. The normalized spacial score (nSPS) is 10.6. The van der Waals surface area contributed by atoms with E-state index in [0.29, 0.717) is 5.82 Å². The predicted molar refractivity (Wildman–Crippen MR) is 115 cm³/mol. The smallest absolute Gasteiger partial charge is 0.317 e. The van der Waals surface area contributed by atoms with Crippen LogP contribution in [-0.2, 0) is 12.3 Å². The van der Waals surface area contributed by atoms with Crippen molar-refractivity contribution in [1.82, 2.24) is 25.0 Å². The lowest BCUT2D eigenvalue weighted by molar-refractivity contribution is 0.216. The molecule has 2 amide bonds. The van der Waals surface area contributed by atoms with Crippen LogP contribution in [0.3, 0.4) is 0 Å². The van der Waals surface area contributed by atoms with Gasteiger partial charge in [-0.2, -0.15) is 0 Å². The molecular weight excluding hydrogens is 386 g/mol. The maximum Gasteiger partial charge on any atom is 0.317 e. The number of hydrogen-bond acceptors (Lipinski definition) is 5. The highest BCUT2D eigenvalue weighted by atomic mass is 32.2. The van der Waals surface area contributed by atoms with Gasteiger partial charge in [-0.25, -0.2) is 4.79 Å². The van der Waals surface area contributed by atoms with Crippen molar-refractivity contribution in [3.63, 3.8) is 0 Å². The minimum atomic E-state index is -0.172. The second-order valence-electron chi connectivity index (χ2n) is 6.76. The Kier molecular flexibility index (Phi) is 6.77. The molecule has 7 nitrogen and oxygen atoms in total. The number of methoxy groups -OCH3 is 1. The molecule has 8 heteroatoms. The van der Waals surface area contributed by atoms with E-state index in [9.17, 15) is 4.79 Å². The lowest BCUT2D eigenvalue weighted by atomic mass is 10.2. The van der Waals surface area contributed by atoms with Crippen LogP contribution < -0.4 is 10.1 Å². The van der Waals surface area contributed by atoms with Gasteiger partial charge in [0.25, 0.3) is 0 Å². The average molecular weight is 412 g/mol. The number of carbonyl (C=O) groups is 1. The number of carbonyl (C=O) groups excluding carboxylic acids is 1. The zero-order valence-electron chi connectivity index (χ0n) is 17.0. The molecule has 0 spiro atoms. The molecule has 1 heterocycles. The van der Waals surface area contributed by atoms with Crippen LogP contribution in [0.4, 0.5) is 4.79 Å². The van der Waals surface area contributed by atoms with Crippen molar-refractivity contribution in [1.29, 1.82) is 0 Å². The maximum absolute atomic E-state index is 11.9. The predicted octanol–water partition coefficient (Wildman–Crippen LogP) is 3.65. The van der Waals surface area contributed by atoms with Crippen LogP contribution in [0.15, 0.2) is 53.7 Å². The maximum atomic E-state index is 11.9. The van der Waals surface area contributed by atoms with Gasteiger partial charge in [-0.1, -0.05) is 41.6 Å². The number of nitrogens with one attached hydrogen (secondary N) is 1. The molecule has 1 N–H and O–H groups in total. The van der Waals surface area contributed by atoms with Crippen LogP contribution in [-0.4, -0.2) is 46.9 Å². The molecule has 2 aromatic carbocycles. The molecule has 0 aliphatic carbocycles. The van der Waals surface area contributed by atoms with Gasteiger partial charge in [-0.05, 0) is 36.8 Å². The Labute approximate surface area is 175 Å². The Bertz CT molecular complexity index is 969. The summed E-state index contributed by atoms with van der Waals surface area (Å²) < 4.78 is 7.29. The van der Waals surface area contributed by atoms with Gasteiger partial charge in [0.05, 0.1) is 13.7 Å². The zero-order valence-corrected chi connectivity index (χ0v) is 17.9. The molecule has 0 radical (unpaired) electrons. The van der Waals surface area contributed by atoms with E-state index < -0.39 is 0 Å². The number of hydrogen-bond donors (Lipinski definition) is 1. The largest absolute Gasteiger partial charge is 0.497 e. The van der Waals surface area contributed by atoms with E-state index in [1.807, 2.05) is 54.0 Å². The highest BCUT2D eigenvalue weighted by Crippen LogP contribution is 2.26. The molecule has 0 fully saturated rings. The number of nitrogens with zero attached hydrogens (tertiary/aromatic N) is 4. The van der Waals surface area contributed by atoms with E-state index in [1.54, 1.807) is 33.0 Å². The van der Waals surface area contributed by atoms with Gasteiger partial charge < -0.3 is 15.0 Å². The van der Waals surface area contributed by atoms with E-state index in [1.165, 1.54) is 10.5 Å². The van der Waals surface area contributed by atoms with Crippen LogP contribution in [0.2, 0.25) is 0 Å². The molecule has 0 atom stereocenters. The highest BCUT2D eigenvalue weighted by Gasteiger charge is 2.16. The highest BCUT2D eigenvalue weighted by molar-refractivity contribution is 7.98. The van der Waals surface area contributed by atoms with Gasteiger partial charge in [-0.3, -0.25) is 4.57 Å². The quantitative estimate of drug-likeness (QED) is 0.601. The lowest BCUT2D eigenvalue weighted by Gasteiger charge is -2.14. The average Bonchev–Trinajstić information content (AvgIpc) is 3.14. The van der Waals surface area contributed by atoms with Crippen LogP contribution in [0.25, 0.3) is 5.69 Å². The molecular formula is C21H25N5O2S. The molecule has 3 aromatic rings. The van der Waals surface area contributed by atoms with E-state index in [0.717, 1.165) is 27.9 Å². The third-order valence-corrected chi connectivity index (χ3v) is 5.30. The number of urea groups is 1. The first-order valence-corrected chi connectivity index (χ1v) is 10.2. The Morgan fingerprint density at radius 3 is 2.62 bits per heavy atom. The second kappa shape index (κ2) is 9.47. The molecule has 0 bridgehead atoms. The van der Waals surface area contributed by atoms with Gasteiger partial charge in [0, 0.05) is 25.5 Å². The van der Waals surface area contributed by atoms with E-state index in [4.69, 9.17) is 4.74 Å². The van der Waals surface area contributed by atoms with Crippen molar-refractivity contribution in [3.05, 3.63) is 65.5 Å². The number of thioether (sulfide) groups is 1. The fourth-order valence-corrected chi connectivity index (χ4v) is 3.60. The van der Waals surface area contributed by atoms with Gasteiger partial charge >= 0.3 is 6.03 Å². The van der Waals surface area contributed by atoms with E-state index in [-0.39, 0.29) is 12.6 Å². The fourth-order valence-electron chi connectivity index (χ4n) is 2.68. The van der Waals surface area contributed by atoms with Crippen molar-refractivity contribution in [3.8, 4) is 11.4 Å². The molecule has 0 unspecified atom stereocenters. The Morgan fingerprint density at radius 2 is 1.93 bits per heavy atom. The van der Waals surface area contributed by atoms with E-state index >= 15 is 0 Å². The number of aromatic nitrogens is 3. The van der Waals surface area contributed by atoms with Gasteiger partial charge in [0.1, 0.15) is 5.75 Å². The van der Waals surface area contributed by atoms with Gasteiger partial charge in [0.15, 0.2) is 11.0 Å². The molecule has 0 saturated carbocycles. The molecule has 0 aliphatic heterocycles. The Balaban J connectivity index is 1.85. The van der Waals surface area contributed by atoms with Gasteiger partial charge in [-0.15, -0.1) is 10.2 Å². The minimum Gasteiger partial charge on any atom is -0.497 e. The molecule has 1 aromatic heterocycles. The first-order chi connectivity index (χ1) is 14.0. The van der Waals surface area contributed by atoms with Crippen molar-refractivity contribution in [2.24, 2.45) is 0 Å². The van der Waals surface area contributed by atoms with Crippen molar-refractivity contribution in [2.75, 3.05) is 21.2 Å². The monoisotopic (exact) mass is 411 g/mol. The van der Waals surface area contributed by atoms with Gasteiger partial charge in [0.2, 0.25) is 0 Å². The second-order valence-corrected chi connectivity index (χ2v) is 7.71. The molecule has 152 valence electrons. The number of aryl methyl sites for hydroxylation is 1. The van der Waals surface area contributed by atoms with Crippen LogP contribution >= 0.6 is 11.8 Å². The summed E-state index contributed by atoms with van der Waals surface area (Å²) in [5.74, 6) is 2.23. The van der Waals surface area contributed by atoms with Crippen LogP contribution in [0.1, 0.15) is 17.0 Å². The first kappa shape index (κ1) is 20.7. The topological polar surface area (TPSA) is 72.3 Å². The lowest BCUT2D eigenvalue weighted by Crippen LogP contribution is -2.34. The summed E-state index contributed by atoms with van der Waals surface area (Å²) in [5.41, 5.74) is 3.27. The number of amides is 2. The SMILES string of the molecule is COc1cccc(CSc2nnc(CNC(=O)N(C)C)n2-c2ccc(C)cc2)c1. The first-order valence-electron chi connectivity index (χ1n) is 9.20. The number of benzene rings is 2. The summed E-state index contributed by atoms with van der Waals surface area (Å²) in [6.07, 6.45) is 0. The van der Waals surface area contributed by atoms with Crippen molar-refractivity contribution >= 4 is 17.8 Å². The molecule has 29 heavy (non-hydrogen) atoms.